The van der Waals surface area contributed by atoms with Gasteiger partial charge in [0.05, 0.1) is 19.3 Å². The van der Waals surface area contributed by atoms with Gasteiger partial charge in [0.1, 0.15) is 24.8 Å². The van der Waals surface area contributed by atoms with Crippen LogP contribution in [0.5, 0.6) is 0 Å². The number of nitrogens with zero attached hydrogens (tertiary/aromatic N) is 7. The molecule has 3 aliphatic heterocycles. The van der Waals surface area contributed by atoms with E-state index in [1.54, 1.807) is 0 Å². The maximum absolute atomic E-state index is 15.9. The number of hydrogen-bond acceptors (Lipinski definition) is 18. The number of aromatic amines is 1. The van der Waals surface area contributed by atoms with E-state index in [1.807, 2.05) is 0 Å². The molecule has 7 atom stereocenters. The predicted octanol–water partition coefficient (Wildman–Crippen LogP) is -1.59. The maximum atomic E-state index is 15.9. The SMILES string of the molecule is Nc1nc2c(c(=O)[nH]1)NNN2[C@H]1CC[C@@H](COP(O)(=S)O[C@H]2[C@H](F)[C@H](n3nnc4c(N)ncnc43)O[C@@H]2COP(O)(O)=S)O1. The van der Waals surface area contributed by atoms with Crippen molar-refractivity contribution >= 4 is 71.5 Å². The lowest BCUT2D eigenvalue weighted by molar-refractivity contribution is -0.0480. The van der Waals surface area contributed by atoms with Gasteiger partial charge >= 0.3 is 13.4 Å². The Kier molecular flexibility index (Phi) is 8.55. The van der Waals surface area contributed by atoms with E-state index in [1.165, 1.54) is 5.01 Å². The number of halogens is 1. The van der Waals surface area contributed by atoms with Crippen LogP contribution < -0.4 is 33.0 Å². The Morgan fingerprint density at radius 2 is 1.95 bits per heavy atom. The number of anilines is 4. The highest BCUT2D eigenvalue weighted by molar-refractivity contribution is 8.07. The number of nitrogens with one attached hydrogen (secondary N) is 3. The molecule has 240 valence electrons. The molecule has 21 nitrogen and oxygen atoms in total. The number of rotatable bonds is 10. The molecule has 2 fully saturated rings. The number of ether oxygens (including phenoxy) is 2. The predicted molar refractivity (Wildman–Crippen MR) is 155 cm³/mol. The molecule has 3 aromatic rings. The zero-order valence-corrected chi connectivity index (χ0v) is 25.5. The lowest BCUT2D eigenvalue weighted by atomic mass is 10.1. The van der Waals surface area contributed by atoms with Gasteiger partial charge in [-0.05, 0) is 36.5 Å². The van der Waals surface area contributed by atoms with E-state index in [-0.39, 0.29) is 41.0 Å². The lowest BCUT2D eigenvalue weighted by Crippen LogP contribution is -2.44. The molecule has 0 aliphatic carbocycles. The monoisotopic (exact) mass is 698 g/mol. The summed E-state index contributed by atoms with van der Waals surface area (Å²) in [6.07, 6.45) is -5.75. The summed E-state index contributed by atoms with van der Waals surface area (Å²) in [5, 5.41) is 9.19. The van der Waals surface area contributed by atoms with E-state index < -0.39 is 62.5 Å². The van der Waals surface area contributed by atoms with E-state index in [0.717, 1.165) is 11.0 Å². The van der Waals surface area contributed by atoms with Crippen LogP contribution in [-0.2, 0) is 46.7 Å². The zero-order chi connectivity index (χ0) is 31.4. The van der Waals surface area contributed by atoms with Crippen LogP contribution in [0.4, 0.5) is 27.7 Å². The lowest BCUT2D eigenvalue weighted by Gasteiger charge is -2.26. The van der Waals surface area contributed by atoms with Crippen molar-refractivity contribution < 1.29 is 42.1 Å². The summed E-state index contributed by atoms with van der Waals surface area (Å²) in [6, 6.07) is 0. The molecule has 0 aromatic carbocycles. The van der Waals surface area contributed by atoms with Gasteiger partial charge in [0.25, 0.3) is 5.56 Å². The fourth-order valence-electron chi connectivity index (χ4n) is 4.78. The number of hydrazine groups is 2. The molecule has 26 heteroatoms. The second-order valence-corrected chi connectivity index (χ2v) is 15.1. The van der Waals surface area contributed by atoms with Crippen molar-refractivity contribution in [3.8, 4) is 0 Å². The highest BCUT2D eigenvalue weighted by Crippen LogP contribution is 2.51. The minimum atomic E-state index is -4.18. The van der Waals surface area contributed by atoms with Crippen LogP contribution in [0.2, 0.25) is 0 Å². The number of H-pyrrole nitrogens is 1. The number of fused-ring (bicyclic) bond motifs is 2. The minimum Gasteiger partial charge on any atom is -0.382 e. The normalized spacial score (nSPS) is 28.3. The van der Waals surface area contributed by atoms with E-state index >= 15 is 4.39 Å². The topological polar surface area (TPSA) is 288 Å². The Hall–Kier alpha value is -2.57. The molecule has 0 bridgehead atoms. The summed E-state index contributed by atoms with van der Waals surface area (Å²) in [5.41, 5.74) is 16.8. The van der Waals surface area contributed by atoms with Crippen LogP contribution in [0.15, 0.2) is 11.1 Å². The first-order valence-corrected chi connectivity index (χ1v) is 17.8. The van der Waals surface area contributed by atoms with Crippen molar-refractivity contribution in [1.29, 1.82) is 0 Å². The van der Waals surface area contributed by atoms with Gasteiger partial charge in [0.15, 0.2) is 40.9 Å². The Labute approximate surface area is 255 Å². The van der Waals surface area contributed by atoms with Gasteiger partial charge in [-0.2, -0.15) is 9.67 Å². The molecular formula is C18H25FN12O9P2S2. The first-order chi connectivity index (χ1) is 20.8. The van der Waals surface area contributed by atoms with E-state index in [2.05, 4.69) is 53.0 Å². The molecule has 0 spiro atoms. The summed E-state index contributed by atoms with van der Waals surface area (Å²) >= 11 is 9.63. The van der Waals surface area contributed by atoms with Gasteiger partial charge in [0, 0.05) is 0 Å². The van der Waals surface area contributed by atoms with E-state index in [9.17, 15) is 19.5 Å². The van der Waals surface area contributed by atoms with Crippen LogP contribution in [0.1, 0.15) is 19.1 Å². The third-order valence-corrected chi connectivity index (χ3v) is 9.07. The molecule has 10 N–H and O–H groups in total. The van der Waals surface area contributed by atoms with Crippen LogP contribution in [0.3, 0.4) is 0 Å². The fourth-order valence-corrected chi connectivity index (χ4v) is 6.76. The second kappa shape index (κ2) is 12.0. The molecule has 3 aliphatic rings. The highest BCUT2D eigenvalue weighted by atomic mass is 32.5. The van der Waals surface area contributed by atoms with Crippen molar-refractivity contribution in [1.82, 2.24) is 40.5 Å². The molecule has 0 radical (unpaired) electrons. The van der Waals surface area contributed by atoms with Gasteiger partial charge < -0.3 is 44.7 Å². The van der Waals surface area contributed by atoms with Gasteiger partial charge in [0.2, 0.25) is 5.95 Å². The maximum Gasteiger partial charge on any atom is 0.325 e. The van der Waals surface area contributed by atoms with E-state index in [0.29, 0.717) is 12.8 Å². The molecule has 1 unspecified atom stereocenters. The standard InChI is InChI=1S/C18H25FN12O9P2S2/c19-9-12(7(4-36-41(33,34)43)39-17(9)31-14-10(26-29-31)13(20)22-5-23-14)40-42(35,44)37-3-6-1-2-8(38-6)30-15-11(27-28-30)16(32)25-18(21)24-15/h5-9,12,17,27-28H,1-4H2,(H,35,44)(H2,20,22,23)(H2,33,34,43)(H3,21,24,25,32)/t6-,7+,8+,9-,12+,17+,42?/m0/s1. The van der Waals surface area contributed by atoms with Gasteiger partial charge in [-0.1, -0.05) is 5.21 Å². The van der Waals surface area contributed by atoms with Crippen LogP contribution >= 0.6 is 13.4 Å². The van der Waals surface area contributed by atoms with Crippen molar-refractivity contribution in [3.05, 3.63) is 16.7 Å². The Morgan fingerprint density at radius 1 is 1.16 bits per heavy atom. The summed E-state index contributed by atoms with van der Waals surface area (Å²) in [6.45, 7) is -9.23. The van der Waals surface area contributed by atoms with Gasteiger partial charge in [-0.3, -0.25) is 19.7 Å². The van der Waals surface area contributed by atoms with E-state index in [4.69, 9.17) is 46.3 Å². The summed E-state index contributed by atoms with van der Waals surface area (Å²) in [7, 11) is 0. The smallest absolute Gasteiger partial charge is 0.325 e. The molecule has 0 saturated carbocycles. The summed E-state index contributed by atoms with van der Waals surface area (Å²) < 4.78 is 44.5. The molecule has 44 heavy (non-hydrogen) atoms. The number of alkyl halides is 1. The van der Waals surface area contributed by atoms with Crippen molar-refractivity contribution in [2.45, 2.75) is 49.8 Å². The molecular weight excluding hydrogens is 673 g/mol. The van der Waals surface area contributed by atoms with Gasteiger partial charge in [-0.25, -0.2) is 19.4 Å². The average Bonchev–Trinajstić information content (AvgIpc) is 3.73. The van der Waals surface area contributed by atoms with Crippen molar-refractivity contribution in [3.63, 3.8) is 0 Å². The van der Waals surface area contributed by atoms with Gasteiger partial charge in [-0.15, -0.1) is 10.6 Å². The largest absolute Gasteiger partial charge is 0.382 e. The van der Waals surface area contributed by atoms with Crippen LogP contribution in [0, 0.1) is 0 Å². The fraction of sp³-hybridized carbons (Fsp3) is 0.556. The average molecular weight is 699 g/mol. The number of aromatic nitrogens is 7. The molecule has 6 heterocycles. The van der Waals surface area contributed by atoms with Crippen LogP contribution in [-0.4, -0.2) is 93.5 Å². The first kappa shape index (κ1) is 31.4. The third kappa shape index (κ3) is 6.39. The highest BCUT2D eigenvalue weighted by Gasteiger charge is 2.51. The number of nitrogens with two attached hydrogens (primary N) is 2. The van der Waals surface area contributed by atoms with Crippen LogP contribution in [0.25, 0.3) is 11.2 Å². The second-order valence-electron chi connectivity index (χ2n) is 9.64. The number of hydrogen-bond donors (Lipinski definition) is 8. The first-order valence-electron chi connectivity index (χ1n) is 12.6. The summed E-state index contributed by atoms with van der Waals surface area (Å²) in [4.78, 5) is 56.4. The third-order valence-electron chi connectivity index (χ3n) is 6.70. The Balaban J connectivity index is 1.12. The molecule has 6 rings (SSSR count). The number of nitrogen functional groups attached to an aromatic ring is 2. The minimum absolute atomic E-state index is 0.00532. The van der Waals surface area contributed by atoms with Crippen molar-refractivity contribution in [2.24, 2.45) is 0 Å². The molecule has 3 aromatic heterocycles. The molecule has 0 amide bonds. The Bertz CT molecular complexity index is 1720. The molecule has 2 saturated heterocycles. The zero-order valence-electron chi connectivity index (χ0n) is 22.0. The Morgan fingerprint density at radius 3 is 2.73 bits per heavy atom. The quantitative estimate of drug-likeness (QED) is 0.111. The van der Waals surface area contributed by atoms with Crippen molar-refractivity contribution in [2.75, 3.05) is 35.1 Å². The summed E-state index contributed by atoms with van der Waals surface area (Å²) in [5.74, 6) is 0.146.